The number of benzene rings is 2. The molecule has 2 aromatic carbocycles. The maximum absolute atomic E-state index is 13.1. The van der Waals surface area contributed by atoms with E-state index in [1.807, 2.05) is 60.7 Å². The van der Waals surface area contributed by atoms with Crippen LogP contribution in [0.15, 0.2) is 60.7 Å². The predicted octanol–water partition coefficient (Wildman–Crippen LogP) is 3.68. The normalized spacial score (nSPS) is 10.7. The first-order chi connectivity index (χ1) is 14.0. The second kappa shape index (κ2) is 9.14. The monoisotopic (exact) mass is 392 g/mol. The zero-order chi connectivity index (χ0) is 20.8. The third-order valence-corrected chi connectivity index (χ3v) is 4.89. The molecule has 0 saturated heterocycles. The van der Waals surface area contributed by atoms with E-state index in [0.717, 1.165) is 17.5 Å². The van der Waals surface area contributed by atoms with Gasteiger partial charge in [0.2, 0.25) is 5.91 Å². The summed E-state index contributed by atoms with van der Waals surface area (Å²) in [6, 6.07) is 19.8. The van der Waals surface area contributed by atoms with Crippen molar-refractivity contribution in [2.24, 2.45) is 0 Å². The Morgan fingerprint density at radius 2 is 1.62 bits per heavy atom. The molecule has 1 amide bonds. The van der Waals surface area contributed by atoms with Gasteiger partial charge in [-0.25, -0.2) is 0 Å². The molecule has 7 heteroatoms. The zero-order valence-corrected chi connectivity index (χ0v) is 16.6. The van der Waals surface area contributed by atoms with Crippen molar-refractivity contribution in [1.29, 1.82) is 0 Å². The van der Waals surface area contributed by atoms with E-state index in [1.165, 1.54) is 4.68 Å². The average molecular weight is 392 g/mol. The van der Waals surface area contributed by atoms with Gasteiger partial charge in [0.25, 0.3) is 0 Å². The SMILES string of the molecule is Cc1nn(CC(=O)N(CCc2ccccc2)Cc2ccccc2)c(C)c1[N+](=O)[O-]. The van der Waals surface area contributed by atoms with Crippen molar-refractivity contribution in [2.45, 2.75) is 33.4 Å². The van der Waals surface area contributed by atoms with Crippen molar-refractivity contribution in [2.75, 3.05) is 6.54 Å². The van der Waals surface area contributed by atoms with Crippen LogP contribution in [0.5, 0.6) is 0 Å². The number of nitro groups is 1. The highest BCUT2D eigenvalue weighted by Crippen LogP contribution is 2.22. The van der Waals surface area contributed by atoms with Crippen LogP contribution in [0.1, 0.15) is 22.5 Å². The van der Waals surface area contributed by atoms with Crippen LogP contribution in [0.3, 0.4) is 0 Å². The number of hydrogen-bond acceptors (Lipinski definition) is 4. The van der Waals surface area contributed by atoms with Crippen LogP contribution in [0.4, 0.5) is 5.69 Å². The minimum Gasteiger partial charge on any atom is -0.336 e. The van der Waals surface area contributed by atoms with Crippen LogP contribution >= 0.6 is 0 Å². The Balaban J connectivity index is 1.78. The fraction of sp³-hybridized carbons (Fsp3) is 0.273. The van der Waals surface area contributed by atoms with Gasteiger partial charge in [-0.2, -0.15) is 5.10 Å². The van der Waals surface area contributed by atoms with E-state index < -0.39 is 4.92 Å². The van der Waals surface area contributed by atoms with E-state index >= 15 is 0 Å². The molecule has 7 nitrogen and oxygen atoms in total. The molecule has 29 heavy (non-hydrogen) atoms. The van der Waals surface area contributed by atoms with Crippen molar-refractivity contribution in [3.8, 4) is 0 Å². The summed E-state index contributed by atoms with van der Waals surface area (Å²) in [6.07, 6.45) is 0.733. The molecule has 0 bridgehead atoms. The standard InChI is InChI=1S/C22H24N4O3/c1-17-22(26(28)29)18(2)25(23-17)16-21(27)24(15-20-11-7-4-8-12-20)14-13-19-9-5-3-6-10-19/h3-12H,13-16H2,1-2H3. The number of carbonyl (C=O) groups excluding carboxylic acids is 1. The Morgan fingerprint density at radius 3 is 2.17 bits per heavy atom. The number of carbonyl (C=O) groups is 1. The van der Waals surface area contributed by atoms with Crippen molar-refractivity contribution in [1.82, 2.24) is 14.7 Å². The first-order valence-electron chi connectivity index (χ1n) is 9.49. The topological polar surface area (TPSA) is 81.3 Å². The molecule has 1 heterocycles. The molecule has 0 N–H and O–H groups in total. The Labute approximate surface area is 169 Å². The van der Waals surface area contributed by atoms with Crippen LogP contribution in [-0.4, -0.2) is 32.1 Å². The molecule has 0 radical (unpaired) electrons. The number of aromatic nitrogens is 2. The highest BCUT2D eigenvalue weighted by Gasteiger charge is 2.24. The van der Waals surface area contributed by atoms with Crippen molar-refractivity contribution in [3.63, 3.8) is 0 Å². The summed E-state index contributed by atoms with van der Waals surface area (Å²) in [6.45, 7) is 4.22. The number of hydrogen-bond donors (Lipinski definition) is 0. The van der Waals surface area contributed by atoms with Gasteiger partial charge in [-0.05, 0) is 31.4 Å². The van der Waals surface area contributed by atoms with E-state index in [1.54, 1.807) is 18.7 Å². The number of nitrogens with zero attached hydrogens (tertiary/aromatic N) is 4. The van der Waals surface area contributed by atoms with Crippen LogP contribution < -0.4 is 0 Å². The summed E-state index contributed by atoms with van der Waals surface area (Å²) in [5.74, 6) is -0.120. The van der Waals surface area contributed by atoms with E-state index in [4.69, 9.17) is 0 Å². The zero-order valence-electron chi connectivity index (χ0n) is 16.6. The first kappa shape index (κ1) is 20.3. The summed E-state index contributed by atoms with van der Waals surface area (Å²) in [7, 11) is 0. The fourth-order valence-corrected chi connectivity index (χ4v) is 3.34. The molecule has 0 aliphatic heterocycles. The molecule has 3 aromatic rings. The highest BCUT2D eigenvalue weighted by atomic mass is 16.6. The third-order valence-electron chi connectivity index (χ3n) is 4.89. The smallest absolute Gasteiger partial charge is 0.312 e. The maximum Gasteiger partial charge on any atom is 0.312 e. The molecule has 0 spiro atoms. The largest absolute Gasteiger partial charge is 0.336 e. The molecular weight excluding hydrogens is 368 g/mol. The summed E-state index contributed by atoms with van der Waals surface area (Å²) >= 11 is 0. The Hall–Kier alpha value is -3.48. The molecular formula is C22H24N4O3. The molecule has 0 saturated carbocycles. The summed E-state index contributed by atoms with van der Waals surface area (Å²) in [5, 5.41) is 15.4. The lowest BCUT2D eigenvalue weighted by molar-refractivity contribution is -0.386. The lowest BCUT2D eigenvalue weighted by atomic mass is 10.1. The van der Waals surface area contributed by atoms with Gasteiger partial charge in [-0.3, -0.25) is 19.6 Å². The maximum atomic E-state index is 13.1. The molecule has 150 valence electrons. The Bertz CT molecular complexity index is 984. The number of amides is 1. The van der Waals surface area contributed by atoms with E-state index in [2.05, 4.69) is 5.10 Å². The van der Waals surface area contributed by atoms with Gasteiger partial charge < -0.3 is 4.90 Å². The van der Waals surface area contributed by atoms with Gasteiger partial charge >= 0.3 is 5.69 Å². The first-order valence-corrected chi connectivity index (χ1v) is 9.49. The van der Waals surface area contributed by atoms with Gasteiger partial charge in [-0.15, -0.1) is 0 Å². The summed E-state index contributed by atoms with van der Waals surface area (Å²) in [5.41, 5.74) is 2.87. The predicted molar refractivity (Wildman–Crippen MR) is 110 cm³/mol. The van der Waals surface area contributed by atoms with Crippen LogP contribution in [0.25, 0.3) is 0 Å². The average Bonchev–Trinajstić information content (AvgIpc) is 2.99. The number of rotatable bonds is 8. The van der Waals surface area contributed by atoms with Gasteiger partial charge in [0.15, 0.2) is 0 Å². The second-order valence-corrected chi connectivity index (χ2v) is 6.97. The van der Waals surface area contributed by atoms with E-state index in [9.17, 15) is 14.9 Å². The quantitative estimate of drug-likeness (QED) is 0.433. The van der Waals surface area contributed by atoms with Gasteiger partial charge in [-0.1, -0.05) is 60.7 Å². The lowest BCUT2D eigenvalue weighted by Crippen LogP contribution is -2.35. The van der Waals surface area contributed by atoms with Crippen LogP contribution in [0, 0.1) is 24.0 Å². The summed E-state index contributed by atoms with van der Waals surface area (Å²) < 4.78 is 1.43. The Morgan fingerprint density at radius 1 is 1.03 bits per heavy atom. The molecule has 0 unspecified atom stereocenters. The molecule has 1 aromatic heterocycles. The molecule has 0 aliphatic rings. The fourth-order valence-electron chi connectivity index (χ4n) is 3.34. The van der Waals surface area contributed by atoms with Crippen LogP contribution in [-0.2, 0) is 24.3 Å². The molecule has 0 aliphatic carbocycles. The Kier molecular flexibility index (Phi) is 6.39. The lowest BCUT2D eigenvalue weighted by Gasteiger charge is -2.23. The van der Waals surface area contributed by atoms with Gasteiger partial charge in [0.05, 0.1) is 4.92 Å². The minimum atomic E-state index is -0.449. The molecule has 3 rings (SSSR count). The van der Waals surface area contributed by atoms with Crippen molar-refractivity contribution >= 4 is 11.6 Å². The van der Waals surface area contributed by atoms with Gasteiger partial charge in [0.1, 0.15) is 17.9 Å². The van der Waals surface area contributed by atoms with E-state index in [0.29, 0.717) is 24.5 Å². The third kappa shape index (κ3) is 5.07. The molecule has 0 atom stereocenters. The number of aryl methyl sites for hydroxylation is 1. The summed E-state index contributed by atoms with van der Waals surface area (Å²) in [4.78, 5) is 25.6. The second-order valence-electron chi connectivity index (χ2n) is 6.97. The molecule has 0 fully saturated rings. The highest BCUT2D eigenvalue weighted by molar-refractivity contribution is 5.76. The minimum absolute atomic E-state index is 0.0257. The van der Waals surface area contributed by atoms with Gasteiger partial charge in [0, 0.05) is 13.1 Å². The van der Waals surface area contributed by atoms with E-state index in [-0.39, 0.29) is 18.1 Å². The van der Waals surface area contributed by atoms with Crippen molar-refractivity contribution < 1.29 is 9.72 Å². The van der Waals surface area contributed by atoms with Crippen LogP contribution in [0.2, 0.25) is 0 Å². The van der Waals surface area contributed by atoms with Crippen molar-refractivity contribution in [3.05, 3.63) is 93.3 Å².